The number of hydrogen-bond acceptors (Lipinski definition) is 4. The summed E-state index contributed by atoms with van der Waals surface area (Å²) in [6, 6.07) is 4.86. The number of hydrogen-bond donors (Lipinski definition) is 1. The number of carboxylic acids is 1. The fraction of sp³-hybridized carbons (Fsp3) is 0.0714. The lowest BCUT2D eigenvalue weighted by molar-refractivity contribution is -0.135. The lowest BCUT2D eigenvalue weighted by Crippen LogP contribution is -2.07. The number of fused-ring (bicyclic) bond motifs is 1. The lowest BCUT2D eigenvalue weighted by atomic mass is 10.1. The molecule has 0 radical (unpaired) electrons. The molecule has 0 saturated carbocycles. The quantitative estimate of drug-likeness (QED) is 0.849. The van der Waals surface area contributed by atoms with Crippen LogP contribution in [0.15, 0.2) is 39.7 Å². The summed E-state index contributed by atoms with van der Waals surface area (Å²) in [4.78, 5) is 32.9. The predicted octanol–water partition coefficient (Wildman–Crippen LogP) is 2.09. The molecule has 2 rings (SSSR count). The zero-order chi connectivity index (χ0) is 13.8. The van der Waals surface area contributed by atoms with Crippen molar-refractivity contribution in [2.24, 2.45) is 0 Å². The largest absolute Gasteiger partial charge is 0.481 e. The number of carbonyl (C=O) groups is 2. The third-order valence-corrected chi connectivity index (χ3v) is 2.55. The standard InChI is InChI=1S/C14H10O5/c15-7-10-8-19-12-5-4-9(2-1-3-13(16)17)6-11(12)14(10)18/h1-2,4-8H,3H2,(H,16,17). The van der Waals surface area contributed by atoms with E-state index in [1.165, 1.54) is 6.08 Å². The van der Waals surface area contributed by atoms with Crippen molar-refractivity contribution in [1.29, 1.82) is 0 Å². The van der Waals surface area contributed by atoms with Crippen molar-refractivity contribution < 1.29 is 19.1 Å². The van der Waals surface area contributed by atoms with Gasteiger partial charge in [-0.2, -0.15) is 0 Å². The third kappa shape index (κ3) is 2.77. The van der Waals surface area contributed by atoms with Crippen LogP contribution in [0.2, 0.25) is 0 Å². The molecule has 5 heteroatoms. The maximum absolute atomic E-state index is 11.9. The molecular weight excluding hydrogens is 248 g/mol. The summed E-state index contributed by atoms with van der Waals surface area (Å²) in [5.41, 5.74) is 0.610. The predicted molar refractivity (Wildman–Crippen MR) is 69.2 cm³/mol. The van der Waals surface area contributed by atoms with E-state index in [0.29, 0.717) is 22.8 Å². The Morgan fingerprint density at radius 2 is 2.16 bits per heavy atom. The summed E-state index contributed by atoms with van der Waals surface area (Å²) < 4.78 is 5.16. The summed E-state index contributed by atoms with van der Waals surface area (Å²) in [7, 11) is 0. The molecule has 96 valence electrons. The van der Waals surface area contributed by atoms with E-state index in [2.05, 4.69) is 0 Å². The molecule has 19 heavy (non-hydrogen) atoms. The van der Waals surface area contributed by atoms with Crippen LogP contribution in [-0.2, 0) is 4.79 Å². The monoisotopic (exact) mass is 258 g/mol. The van der Waals surface area contributed by atoms with Gasteiger partial charge in [0.15, 0.2) is 6.29 Å². The minimum atomic E-state index is -0.931. The van der Waals surface area contributed by atoms with Gasteiger partial charge >= 0.3 is 5.97 Å². The number of rotatable bonds is 4. The number of benzene rings is 1. The summed E-state index contributed by atoms with van der Waals surface area (Å²) in [6.07, 6.45) is 4.55. The molecule has 1 aromatic carbocycles. The molecule has 0 aliphatic rings. The smallest absolute Gasteiger partial charge is 0.307 e. The van der Waals surface area contributed by atoms with E-state index >= 15 is 0 Å². The van der Waals surface area contributed by atoms with Gasteiger partial charge in [-0.25, -0.2) is 0 Å². The van der Waals surface area contributed by atoms with E-state index in [1.54, 1.807) is 24.3 Å². The van der Waals surface area contributed by atoms with Crippen LogP contribution in [0.5, 0.6) is 0 Å². The van der Waals surface area contributed by atoms with Crippen LogP contribution in [0.3, 0.4) is 0 Å². The topological polar surface area (TPSA) is 84.6 Å². The SMILES string of the molecule is O=Cc1coc2ccc(C=CCC(=O)O)cc2c1=O. The van der Waals surface area contributed by atoms with Gasteiger partial charge in [0, 0.05) is 0 Å². The number of carboxylic acid groups (broad SMARTS) is 1. The minimum Gasteiger partial charge on any atom is -0.481 e. The molecule has 1 N–H and O–H groups in total. The Labute approximate surface area is 107 Å². The Balaban J connectivity index is 2.47. The van der Waals surface area contributed by atoms with E-state index in [1.807, 2.05) is 0 Å². The molecule has 0 saturated heterocycles. The second-order valence-corrected chi connectivity index (χ2v) is 3.89. The minimum absolute atomic E-state index is 0.0424. The van der Waals surface area contributed by atoms with E-state index in [0.717, 1.165) is 6.26 Å². The van der Waals surface area contributed by atoms with Gasteiger partial charge in [-0.1, -0.05) is 18.2 Å². The van der Waals surface area contributed by atoms with Gasteiger partial charge in [0.25, 0.3) is 0 Å². The zero-order valence-corrected chi connectivity index (χ0v) is 9.83. The second kappa shape index (κ2) is 5.30. The van der Waals surface area contributed by atoms with Gasteiger partial charge in [-0.3, -0.25) is 14.4 Å². The van der Waals surface area contributed by atoms with Crippen LogP contribution >= 0.6 is 0 Å². The maximum Gasteiger partial charge on any atom is 0.307 e. The van der Waals surface area contributed by atoms with Crippen LogP contribution < -0.4 is 5.43 Å². The van der Waals surface area contributed by atoms with Crippen molar-refractivity contribution in [1.82, 2.24) is 0 Å². The molecular formula is C14H10O5. The highest BCUT2D eigenvalue weighted by molar-refractivity contribution is 5.85. The van der Waals surface area contributed by atoms with Crippen LogP contribution in [0.4, 0.5) is 0 Å². The third-order valence-electron chi connectivity index (χ3n) is 2.55. The average Bonchev–Trinajstić information content (AvgIpc) is 2.39. The Bertz CT molecular complexity index is 724. The average molecular weight is 258 g/mol. The number of carbonyl (C=O) groups excluding carboxylic acids is 1. The summed E-state index contributed by atoms with van der Waals surface area (Å²) in [5.74, 6) is -0.931. The van der Waals surface area contributed by atoms with Crippen LogP contribution in [-0.4, -0.2) is 17.4 Å². The molecule has 0 aliphatic carbocycles. The molecule has 1 heterocycles. The van der Waals surface area contributed by atoms with Crippen molar-refractivity contribution >= 4 is 29.3 Å². The highest BCUT2D eigenvalue weighted by Crippen LogP contribution is 2.14. The lowest BCUT2D eigenvalue weighted by Gasteiger charge is -1.99. The second-order valence-electron chi connectivity index (χ2n) is 3.89. The van der Waals surface area contributed by atoms with E-state index in [4.69, 9.17) is 9.52 Å². The number of aldehydes is 1. The van der Waals surface area contributed by atoms with Gasteiger partial charge < -0.3 is 9.52 Å². The van der Waals surface area contributed by atoms with Gasteiger partial charge in [-0.15, -0.1) is 0 Å². The van der Waals surface area contributed by atoms with Crippen molar-refractivity contribution in [2.75, 3.05) is 0 Å². The summed E-state index contributed by atoms with van der Waals surface area (Å²) >= 11 is 0. The number of aliphatic carboxylic acids is 1. The Kier molecular flexibility index (Phi) is 3.56. The normalized spacial score (nSPS) is 10.9. The zero-order valence-electron chi connectivity index (χ0n) is 9.83. The Morgan fingerprint density at radius 3 is 2.84 bits per heavy atom. The van der Waals surface area contributed by atoms with Crippen molar-refractivity contribution in [2.45, 2.75) is 6.42 Å². The fourth-order valence-electron chi connectivity index (χ4n) is 1.64. The highest BCUT2D eigenvalue weighted by atomic mass is 16.4. The summed E-state index contributed by atoms with van der Waals surface area (Å²) in [5, 5.41) is 8.81. The maximum atomic E-state index is 11.9. The van der Waals surface area contributed by atoms with Gasteiger partial charge in [0.2, 0.25) is 5.43 Å². The van der Waals surface area contributed by atoms with E-state index in [9.17, 15) is 14.4 Å². The molecule has 0 amide bonds. The molecule has 0 fully saturated rings. The molecule has 1 aromatic heterocycles. The van der Waals surface area contributed by atoms with E-state index < -0.39 is 11.4 Å². The van der Waals surface area contributed by atoms with Gasteiger partial charge in [0.1, 0.15) is 11.8 Å². The molecule has 0 bridgehead atoms. The first-order valence-electron chi connectivity index (χ1n) is 5.51. The van der Waals surface area contributed by atoms with Gasteiger partial charge in [0.05, 0.1) is 17.4 Å². The van der Waals surface area contributed by atoms with Crippen molar-refractivity contribution in [3.05, 3.63) is 51.9 Å². The first-order valence-corrected chi connectivity index (χ1v) is 5.51. The van der Waals surface area contributed by atoms with Crippen molar-refractivity contribution in [3.8, 4) is 0 Å². The van der Waals surface area contributed by atoms with Crippen molar-refractivity contribution in [3.63, 3.8) is 0 Å². The Hall–Kier alpha value is -2.69. The summed E-state index contributed by atoms with van der Waals surface area (Å²) in [6.45, 7) is 0. The van der Waals surface area contributed by atoms with Crippen LogP contribution in [0, 0.1) is 0 Å². The first kappa shape index (κ1) is 12.8. The van der Waals surface area contributed by atoms with Crippen LogP contribution in [0.25, 0.3) is 17.0 Å². The highest BCUT2D eigenvalue weighted by Gasteiger charge is 2.06. The fourth-order valence-corrected chi connectivity index (χ4v) is 1.64. The first-order chi connectivity index (χ1) is 9.11. The molecule has 2 aromatic rings. The molecule has 0 aliphatic heterocycles. The molecule has 5 nitrogen and oxygen atoms in total. The molecule has 0 spiro atoms. The van der Waals surface area contributed by atoms with Crippen LogP contribution in [0.1, 0.15) is 22.3 Å². The van der Waals surface area contributed by atoms with E-state index in [-0.39, 0.29) is 12.0 Å². The molecule has 0 unspecified atom stereocenters. The Morgan fingerprint density at radius 1 is 1.37 bits per heavy atom. The van der Waals surface area contributed by atoms with Gasteiger partial charge in [-0.05, 0) is 17.7 Å². The molecule has 0 atom stereocenters.